The minimum atomic E-state index is -0.488. The van der Waals surface area contributed by atoms with Gasteiger partial charge in [-0.15, -0.1) is 0 Å². The number of rotatable bonds is 6. The van der Waals surface area contributed by atoms with Gasteiger partial charge in [0, 0.05) is 17.3 Å². The van der Waals surface area contributed by atoms with E-state index in [0.717, 1.165) is 23.1 Å². The van der Waals surface area contributed by atoms with E-state index in [-0.39, 0.29) is 17.3 Å². The minimum Gasteiger partial charge on any atom is -0.334 e. The van der Waals surface area contributed by atoms with Crippen LogP contribution in [-0.2, 0) is 6.42 Å². The molecule has 0 saturated heterocycles. The number of fused-ring (bicyclic) bond motifs is 1. The first kappa shape index (κ1) is 18.3. The number of hydrogen-bond acceptors (Lipinski definition) is 7. The molecule has 4 rings (SSSR count). The molecule has 0 fully saturated rings. The highest BCUT2D eigenvalue weighted by Crippen LogP contribution is 2.35. The third-order valence-corrected chi connectivity index (χ3v) is 4.54. The lowest BCUT2D eigenvalue weighted by molar-refractivity contribution is -0.383. The van der Waals surface area contributed by atoms with Crippen LogP contribution in [0, 0.1) is 10.1 Å². The van der Waals surface area contributed by atoms with Crippen LogP contribution in [0.3, 0.4) is 0 Å². The molecule has 0 aliphatic rings. The van der Waals surface area contributed by atoms with Crippen molar-refractivity contribution in [2.75, 3.05) is 10.6 Å². The summed E-state index contributed by atoms with van der Waals surface area (Å²) in [5.41, 5.74) is 2.91. The van der Waals surface area contributed by atoms with Gasteiger partial charge in [-0.25, -0.2) is 9.97 Å². The SMILES string of the molecule is CCc1ccccc1Nc1ncnc(Nc2cccc3cccnc23)c1[N+](=O)[O-]. The molecule has 0 aliphatic carbocycles. The Bertz CT molecular complexity index is 1190. The van der Waals surface area contributed by atoms with Crippen molar-refractivity contribution in [3.8, 4) is 0 Å². The van der Waals surface area contributed by atoms with Crippen molar-refractivity contribution in [2.45, 2.75) is 13.3 Å². The number of aryl methyl sites for hydroxylation is 1. The molecule has 0 radical (unpaired) electrons. The fourth-order valence-corrected chi connectivity index (χ4v) is 3.15. The van der Waals surface area contributed by atoms with Crippen molar-refractivity contribution in [3.05, 3.63) is 82.8 Å². The monoisotopic (exact) mass is 386 g/mol. The maximum atomic E-state index is 11.9. The van der Waals surface area contributed by atoms with Gasteiger partial charge in [0.1, 0.15) is 6.33 Å². The molecule has 8 heteroatoms. The van der Waals surface area contributed by atoms with Gasteiger partial charge < -0.3 is 10.6 Å². The molecule has 29 heavy (non-hydrogen) atoms. The molecular weight excluding hydrogens is 368 g/mol. The van der Waals surface area contributed by atoms with E-state index in [1.165, 1.54) is 6.33 Å². The minimum absolute atomic E-state index is 0.0969. The van der Waals surface area contributed by atoms with Gasteiger partial charge in [-0.1, -0.05) is 43.3 Å². The summed E-state index contributed by atoms with van der Waals surface area (Å²) in [6.07, 6.45) is 3.76. The maximum absolute atomic E-state index is 11.9. The molecule has 0 bridgehead atoms. The second-order valence-corrected chi connectivity index (χ2v) is 6.32. The van der Waals surface area contributed by atoms with Gasteiger partial charge in [0.05, 0.1) is 16.1 Å². The van der Waals surface area contributed by atoms with Gasteiger partial charge >= 0.3 is 5.69 Å². The Morgan fingerprint density at radius 2 is 1.59 bits per heavy atom. The van der Waals surface area contributed by atoms with Crippen LogP contribution in [0.25, 0.3) is 10.9 Å². The Morgan fingerprint density at radius 1 is 0.897 bits per heavy atom. The standard InChI is InChI=1S/C21H18N6O2/c1-2-14-7-3-4-10-16(14)25-20-19(27(28)29)21(24-13-23-20)26-17-11-5-8-15-9-6-12-22-18(15)17/h3-13H,2H2,1H3,(H2,23,24,25,26). The van der Waals surface area contributed by atoms with Crippen LogP contribution in [0.5, 0.6) is 0 Å². The van der Waals surface area contributed by atoms with Crippen molar-refractivity contribution >= 4 is 39.6 Å². The van der Waals surface area contributed by atoms with Gasteiger partial charge in [0.2, 0.25) is 11.6 Å². The third-order valence-electron chi connectivity index (χ3n) is 4.54. The van der Waals surface area contributed by atoms with Crippen molar-refractivity contribution in [1.82, 2.24) is 15.0 Å². The molecule has 2 aromatic heterocycles. The Balaban J connectivity index is 1.77. The zero-order valence-corrected chi connectivity index (χ0v) is 15.7. The van der Waals surface area contributed by atoms with Crippen LogP contribution < -0.4 is 10.6 Å². The summed E-state index contributed by atoms with van der Waals surface area (Å²) in [7, 11) is 0. The normalized spacial score (nSPS) is 10.7. The Labute approximate surface area is 166 Å². The predicted molar refractivity (Wildman–Crippen MR) is 113 cm³/mol. The summed E-state index contributed by atoms with van der Waals surface area (Å²) in [5.74, 6) is 0.223. The highest BCUT2D eigenvalue weighted by Gasteiger charge is 2.24. The largest absolute Gasteiger partial charge is 0.353 e. The Kier molecular flexibility index (Phi) is 4.98. The molecule has 4 aromatic rings. The maximum Gasteiger partial charge on any atom is 0.353 e. The summed E-state index contributed by atoms with van der Waals surface area (Å²) in [6.45, 7) is 2.02. The quantitative estimate of drug-likeness (QED) is 0.355. The van der Waals surface area contributed by atoms with Crippen LogP contribution >= 0.6 is 0 Å². The van der Waals surface area contributed by atoms with E-state index in [2.05, 4.69) is 25.6 Å². The lowest BCUT2D eigenvalue weighted by atomic mass is 10.1. The highest BCUT2D eigenvalue weighted by atomic mass is 16.6. The zero-order valence-electron chi connectivity index (χ0n) is 15.7. The average Bonchev–Trinajstić information content (AvgIpc) is 2.74. The van der Waals surface area contributed by atoms with E-state index >= 15 is 0 Å². The summed E-state index contributed by atoms with van der Waals surface area (Å²) in [6, 6.07) is 17.0. The molecule has 0 saturated carbocycles. The van der Waals surface area contributed by atoms with Crippen LogP contribution in [0.1, 0.15) is 12.5 Å². The molecular formula is C21H18N6O2. The van der Waals surface area contributed by atoms with E-state index in [1.54, 1.807) is 12.3 Å². The molecule has 2 heterocycles. The van der Waals surface area contributed by atoms with E-state index in [4.69, 9.17) is 0 Å². The number of aromatic nitrogens is 3. The molecule has 8 nitrogen and oxygen atoms in total. The highest BCUT2D eigenvalue weighted by molar-refractivity contribution is 5.93. The number of nitrogens with one attached hydrogen (secondary N) is 2. The molecule has 0 unspecified atom stereocenters. The summed E-state index contributed by atoms with van der Waals surface area (Å²) in [5, 5.41) is 18.9. The molecule has 0 aliphatic heterocycles. The van der Waals surface area contributed by atoms with E-state index in [1.807, 2.05) is 55.5 Å². The first-order valence-corrected chi connectivity index (χ1v) is 9.12. The summed E-state index contributed by atoms with van der Waals surface area (Å²) < 4.78 is 0. The molecule has 2 N–H and O–H groups in total. The Hall–Kier alpha value is -4.07. The number of anilines is 4. The van der Waals surface area contributed by atoms with Crippen molar-refractivity contribution in [1.29, 1.82) is 0 Å². The second-order valence-electron chi connectivity index (χ2n) is 6.32. The second kappa shape index (κ2) is 7.89. The number of pyridine rings is 1. The van der Waals surface area contributed by atoms with Gasteiger partial charge in [0.25, 0.3) is 0 Å². The zero-order chi connectivity index (χ0) is 20.2. The van der Waals surface area contributed by atoms with Crippen molar-refractivity contribution in [2.24, 2.45) is 0 Å². The van der Waals surface area contributed by atoms with E-state index < -0.39 is 4.92 Å². The predicted octanol–water partition coefficient (Wildman–Crippen LogP) is 4.98. The summed E-state index contributed by atoms with van der Waals surface area (Å²) in [4.78, 5) is 24.0. The first-order chi connectivity index (χ1) is 14.2. The van der Waals surface area contributed by atoms with Crippen molar-refractivity contribution < 1.29 is 4.92 Å². The van der Waals surface area contributed by atoms with Crippen LogP contribution in [0.15, 0.2) is 67.1 Å². The Morgan fingerprint density at radius 3 is 2.34 bits per heavy atom. The van der Waals surface area contributed by atoms with Crippen molar-refractivity contribution in [3.63, 3.8) is 0 Å². The number of nitro groups is 1. The molecule has 0 amide bonds. The molecule has 0 spiro atoms. The number of nitrogens with zero attached hydrogens (tertiary/aromatic N) is 4. The van der Waals surface area contributed by atoms with Crippen LogP contribution in [-0.4, -0.2) is 19.9 Å². The lowest BCUT2D eigenvalue weighted by Crippen LogP contribution is -2.06. The van der Waals surface area contributed by atoms with E-state index in [0.29, 0.717) is 11.2 Å². The van der Waals surface area contributed by atoms with Gasteiger partial charge in [0.15, 0.2) is 0 Å². The number of hydrogen-bond donors (Lipinski definition) is 2. The smallest absolute Gasteiger partial charge is 0.334 e. The molecule has 2 aromatic carbocycles. The molecule has 0 atom stereocenters. The average molecular weight is 386 g/mol. The van der Waals surface area contributed by atoms with Gasteiger partial charge in [-0.3, -0.25) is 15.1 Å². The van der Waals surface area contributed by atoms with Gasteiger partial charge in [-0.05, 0) is 30.2 Å². The van der Waals surface area contributed by atoms with Gasteiger partial charge in [-0.2, -0.15) is 0 Å². The first-order valence-electron chi connectivity index (χ1n) is 9.12. The number of benzene rings is 2. The fourth-order valence-electron chi connectivity index (χ4n) is 3.15. The summed E-state index contributed by atoms with van der Waals surface area (Å²) >= 11 is 0. The molecule has 144 valence electrons. The fraction of sp³-hybridized carbons (Fsp3) is 0.0952. The number of para-hydroxylation sites is 2. The van der Waals surface area contributed by atoms with Crippen LogP contribution in [0.2, 0.25) is 0 Å². The van der Waals surface area contributed by atoms with E-state index in [9.17, 15) is 10.1 Å². The third kappa shape index (κ3) is 3.68. The topological polar surface area (TPSA) is 106 Å². The van der Waals surface area contributed by atoms with Crippen LogP contribution in [0.4, 0.5) is 28.7 Å². The lowest BCUT2D eigenvalue weighted by Gasteiger charge is -2.13.